The molecule has 0 aliphatic rings. The molecule has 0 aliphatic heterocycles. The molecule has 0 aromatic heterocycles. The average Bonchev–Trinajstić information content (AvgIpc) is 2.60. The van der Waals surface area contributed by atoms with Gasteiger partial charge in [-0.3, -0.25) is 4.79 Å². The number of ketones is 1. The second-order valence-electron chi connectivity index (χ2n) is 5.75. The molecule has 2 aromatic rings. The van der Waals surface area contributed by atoms with Gasteiger partial charge in [-0.25, -0.2) is 0 Å². The van der Waals surface area contributed by atoms with Gasteiger partial charge in [0.05, 0.1) is 0 Å². The highest BCUT2D eigenvalue weighted by molar-refractivity contribution is 6.04. The molecule has 0 unspecified atom stereocenters. The first-order valence-corrected chi connectivity index (χ1v) is 8.44. The predicted molar refractivity (Wildman–Crippen MR) is 104 cm³/mol. The van der Waals surface area contributed by atoms with Gasteiger partial charge in [-0.1, -0.05) is 54.1 Å². The summed E-state index contributed by atoms with van der Waals surface area (Å²) in [7, 11) is 0. The molecule has 0 heterocycles. The lowest BCUT2D eigenvalue weighted by atomic mass is 10.1. The molecule has 124 valence electrons. The first-order valence-electron chi connectivity index (χ1n) is 8.44. The Kier molecular flexibility index (Phi) is 6.56. The minimum Gasteiger partial charge on any atom is -0.372 e. The van der Waals surface area contributed by atoms with E-state index in [-0.39, 0.29) is 5.78 Å². The summed E-state index contributed by atoms with van der Waals surface area (Å²) in [4.78, 5) is 14.3. The van der Waals surface area contributed by atoms with Crippen LogP contribution in [0.5, 0.6) is 0 Å². The van der Waals surface area contributed by atoms with Gasteiger partial charge in [0.25, 0.3) is 0 Å². The van der Waals surface area contributed by atoms with Crippen molar-refractivity contribution < 1.29 is 4.79 Å². The Hall–Kier alpha value is -2.61. The van der Waals surface area contributed by atoms with Crippen LogP contribution in [0.15, 0.2) is 60.7 Å². The second-order valence-corrected chi connectivity index (χ2v) is 5.75. The maximum absolute atomic E-state index is 12.0. The monoisotopic (exact) mass is 319 g/mol. The third-order valence-electron chi connectivity index (χ3n) is 3.94. The van der Waals surface area contributed by atoms with E-state index < -0.39 is 0 Å². The molecule has 2 nitrogen and oxygen atoms in total. The fraction of sp³-hybridized carbons (Fsp3) is 0.227. The van der Waals surface area contributed by atoms with Crippen molar-refractivity contribution in [3.8, 4) is 0 Å². The van der Waals surface area contributed by atoms with Crippen LogP contribution >= 0.6 is 0 Å². The predicted octanol–water partition coefficient (Wildman–Crippen LogP) is 5.14. The second kappa shape index (κ2) is 8.88. The van der Waals surface area contributed by atoms with Crippen molar-refractivity contribution >= 4 is 23.6 Å². The molecule has 0 fully saturated rings. The van der Waals surface area contributed by atoms with Crippen LogP contribution in [0.1, 0.15) is 30.5 Å². The topological polar surface area (TPSA) is 20.3 Å². The summed E-state index contributed by atoms with van der Waals surface area (Å²) in [6.07, 6.45) is 6.92. The Bertz CT molecular complexity index is 722. The summed E-state index contributed by atoms with van der Waals surface area (Å²) in [5, 5.41) is 0. The number of carbonyl (C=O) groups is 1. The maximum atomic E-state index is 12.0. The van der Waals surface area contributed by atoms with E-state index in [0.717, 1.165) is 24.2 Å². The lowest BCUT2D eigenvalue weighted by molar-refractivity contribution is -0.110. The number of anilines is 1. The molecule has 0 saturated carbocycles. The van der Waals surface area contributed by atoms with Gasteiger partial charge in [0.2, 0.25) is 0 Å². The zero-order chi connectivity index (χ0) is 17.4. The van der Waals surface area contributed by atoms with Gasteiger partial charge in [0, 0.05) is 18.8 Å². The minimum atomic E-state index is -0.00988. The number of rotatable bonds is 7. The highest BCUT2D eigenvalue weighted by Crippen LogP contribution is 2.15. The number of hydrogen-bond acceptors (Lipinski definition) is 2. The molecule has 2 aromatic carbocycles. The summed E-state index contributed by atoms with van der Waals surface area (Å²) >= 11 is 0. The molecule has 0 aliphatic carbocycles. The van der Waals surface area contributed by atoms with E-state index in [1.807, 2.05) is 49.4 Å². The molecule has 0 radical (unpaired) electrons. The molecule has 24 heavy (non-hydrogen) atoms. The number of carbonyl (C=O) groups excluding carboxylic acids is 1. The van der Waals surface area contributed by atoms with E-state index in [0.29, 0.717) is 0 Å². The quantitative estimate of drug-likeness (QED) is 0.659. The highest BCUT2D eigenvalue weighted by atomic mass is 16.1. The zero-order valence-electron chi connectivity index (χ0n) is 14.7. The van der Waals surface area contributed by atoms with Crippen LogP contribution in [0.25, 0.3) is 12.2 Å². The lowest BCUT2D eigenvalue weighted by Gasteiger charge is -2.20. The number of aryl methyl sites for hydroxylation is 1. The van der Waals surface area contributed by atoms with Crippen LogP contribution in [0, 0.1) is 6.92 Å². The molecule has 2 rings (SSSR count). The van der Waals surface area contributed by atoms with E-state index in [2.05, 4.69) is 36.9 Å². The number of allylic oxidation sites excluding steroid dienone is 2. The van der Waals surface area contributed by atoms with Gasteiger partial charge in [-0.2, -0.15) is 0 Å². The van der Waals surface area contributed by atoms with Crippen LogP contribution in [0.4, 0.5) is 5.69 Å². The third kappa shape index (κ3) is 5.24. The SMILES string of the molecule is CCN(CC)c1ccc(/C=C/C(=O)/C=C/c2cccc(C)c2)cc1. The molecule has 0 atom stereocenters. The van der Waals surface area contributed by atoms with Gasteiger partial charge >= 0.3 is 0 Å². The third-order valence-corrected chi connectivity index (χ3v) is 3.94. The number of benzene rings is 2. The average molecular weight is 319 g/mol. The molecular weight excluding hydrogens is 294 g/mol. The van der Waals surface area contributed by atoms with Gasteiger partial charge < -0.3 is 4.90 Å². The Labute approximate surface area is 145 Å². The van der Waals surface area contributed by atoms with Crippen molar-refractivity contribution in [3.05, 3.63) is 77.4 Å². The van der Waals surface area contributed by atoms with Crippen molar-refractivity contribution in [2.45, 2.75) is 20.8 Å². The Morgan fingerprint density at radius 3 is 2.12 bits per heavy atom. The fourth-order valence-electron chi connectivity index (χ4n) is 2.57. The van der Waals surface area contributed by atoms with E-state index in [4.69, 9.17) is 0 Å². The van der Waals surface area contributed by atoms with E-state index in [1.54, 1.807) is 12.2 Å². The molecule has 2 heteroatoms. The largest absolute Gasteiger partial charge is 0.372 e. The van der Waals surface area contributed by atoms with E-state index in [1.165, 1.54) is 11.3 Å². The van der Waals surface area contributed by atoms with Crippen molar-refractivity contribution in [1.82, 2.24) is 0 Å². The Morgan fingerprint density at radius 2 is 1.54 bits per heavy atom. The van der Waals surface area contributed by atoms with Gasteiger partial charge in [-0.15, -0.1) is 0 Å². The summed E-state index contributed by atoms with van der Waals surface area (Å²) < 4.78 is 0. The van der Waals surface area contributed by atoms with Crippen LogP contribution in [-0.4, -0.2) is 18.9 Å². The Morgan fingerprint density at radius 1 is 0.917 bits per heavy atom. The molecule has 0 spiro atoms. The van der Waals surface area contributed by atoms with Crippen LogP contribution < -0.4 is 4.90 Å². The van der Waals surface area contributed by atoms with Crippen molar-refractivity contribution in [3.63, 3.8) is 0 Å². The minimum absolute atomic E-state index is 0.00988. The standard InChI is InChI=1S/C22H25NO/c1-4-23(5-2)21-13-9-19(10-14-21)11-15-22(24)16-12-20-8-6-7-18(3)17-20/h6-17H,4-5H2,1-3H3/b15-11+,16-12+. The normalized spacial score (nSPS) is 11.3. The molecule has 0 amide bonds. The first kappa shape index (κ1) is 17.7. The van der Waals surface area contributed by atoms with Crippen LogP contribution in [0.3, 0.4) is 0 Å². The van der Waals surface area contributed by atoms with Gasteiger partial charge in [0.15, 0.2) is 5.78 Å². The Balaban J connectivity index is 1.98. The zero-order valence-corrected chi connectivity index (χ0v) is 14.7. The van der Waals surface area contributed by atoms with Crippen LogP contribution in [-0.2, 0) is 4.79 Å². The van der Waals surface area contributed by atoms with Crippen molar-refractivity contribution in [2.75, 3.05) is 18.0 Å². The van der Waals surface area contributed by atoms with Crippen molar-refractivity contribution in [1.29, 1.82) is 0 Å². The summed E-state index contributed by atoms with van der Waals surface area (Å²) in [5.74, 6) is -0.00988. The van der Waals surface area contributed by atoms with E-state index in [9.17, 15) is 4.79 Å². The summed E-state index contributed by atoms with van der Waals surface area (Å²) in [5.41, 5.74) is 4.47. The number of nitrogens with zero attached hydrogens (tertiary/aromatic N) is 1. The van der Waals surface area contributed by atoms with Crippen LogP contribution in [0.2, 0.25) is 0 Å². The fourth-order valence-corrected chi connectivity index (χ4v) is 2.57. The lowest BCUT2D eigenvalue weighted by Crippen LogP contribution is -2.21. The summed E-state index contributed by atoms with van der Waals surface area (Å²) in [6, 6.07) is 16.4. The van der Waals surface area contributed by atoms with Gasteiger partial charge in [-0.05, 0) is 56.2 Å². The van der Waals surface area contributed by atoms with E-state index >= 15 is 0 Å². The molecular formula is C22H25NO. The summed E-state index contributed by atoms with van der Waals surface area (Å²) in [6.45, 7) is 8.33. The highest BCUT2D eigenvalue weighted by Gasteiger charge is 2.00. The first-order chi connectivity index (χ1) is 11.6. The molecule has 0 bridgehead atoms. The van der Waals surface area contributed by atoms with Gasteiger partial charge in [0.1, 0.15) is 0 Å². The maximum Gasteiger partial charge on any atom is 0.178 e. The number of hydrogen-bond donors (Lipinski definition) is 0. The molecule has 0 N–H and O–H groups in total. The smallest absolute Gasteiger partial charge is 0.178 e. The molecule has 0 saturated heterocycles. The van der Waals surface area contributed by atoms with Crippen molar-refractivity contribution in [2.24, 2.45) is 0 Å².